The Balaban J connectivity index is 1.69. The van der Waals surface area contributed by atoms with Crippen LogP contribution in [0.1, 0.15) is 25.3 Å². The number of thiol groups is 1. The van der Waals surface area contributed by atoms with Gasteiger partial charge in [0.25, 0.3) is 0 Å². The van der Waals surface area contributed by atoms with Gasteiger partial charge < -0.3 is 5.73 Å². The zero-order valence-corrected chi connectivity index (χ0v) is 14.8. The van der Waals surface area contributed by atoms with Crippen LogP contribution in [0.25, 0.3) is 11.1 Å². The number of hydrogen-bond acceptors (Lipinski definition) is 2. The summed E-state index contributed by atoms with van der Waals surface area (Å²) >= 11 is 4.61. The Morgan fingerprint density at radius 2 is 1.92 bits per heavy atom. The van der Waals surface area contributed by atoms with Gasteiger partial charge in [0.1, 0.15) is 0 Å². The predicted octanol–water partition coefficient (Wildman–Crippen LogP) is 5.13. The molecule has 2 aromatic carbocycles. The summed E-state index contributed by atoms with van der Waals surface area (Å²) in [4.78, 5) is 1.01. The van der Waals surface area contributed by atoms with Crippen LogP contribution in [0.5, 0.6) is 0 Å². The van der Waals surface area contributed by atoms with Crippen LogP contribution in [0, 0.1) is 5.92 Å². The van der Waals surface area contributed by atoms with Gasteiger partial charge in [-0.1, -0.05) is 73.7 Å². The standard InChI is InChI=1S/C22H23NS/c1-21(15-22(21,23)17-9-3-2-4-10-17)18-11-7-8-16(14-18)19-12-5-6-13-20(19)24/h2-9,11-14,17,24H,10,15,23H2,1H3. The van der Waals surface area contributed by atoms with Gasteiger partial charge in [-0.15, -0.1) is 12.6 Å². The lowest BCUT2D eigenvalue weighted by atomic mass is 9.82. The van der Waals surface area contributed by atoms with Crippen molar-refractivity contribution in [3.05, 3.63) is 78.4 Å². The van der Waals surface area contributed by atoms with Crippen molar-refractivity contribution in [3.63, 3.8) is 0 Å². The molecule has 24 heavy (non-hydrogen) atoms. The molecule has 0 radical (unpaired) electrons. The maximum atomic E-state index is 6.85. The molecule has 2 aliphatic carbocycles. The van der Waals surface area contributed by atoms with Gasteiger partial charge in [-0.05, 0) is 41.5 Å². The van der Waals surface area contributed by atoms with E-state index in [1.165, 1.54) is 16.7 Å². The summed E-state index contributed by atoms with van der Waals surface area (Å²) in [7, 11) is 0. The van der Waals surface area contributed by atoms with Crippen molar-refractivity contribution in [2.45, 2.75) is 35.6 Å². The molecule has 3 unspecified atom stereocenters. The SMILES string of the molecule is CC1(c2cccc(-c3ccccc3S)c2)CC1(N)C1C=CC=CC1. The number of hydrogen-bond donors (Lipinski definition) is 2. The number of nitrogens with two attached hydrogens (primary N) is 1. The molecule has 0 saturated heterocycles. The lowest BCUT2D eigenvalue weighted by Gasteiger charge is -2.27. The molecule has 2 aliphatic rings. The molecule has 0 spiro atoms. The normalized spacial score (nSPS) is 31.2. The smallest absolute Gasteiger partial charge is 0.0326 e. The molecule has 2 heteroatoms. The van der Waals surface area contributed by atoms with E-state index >= 15 is 0 Å². The van der Waals surface area contributed by atoms with Crippen molar-refractivity contribution in [2.75, 3.05) is 0 Å². The third-order valence-electron chi connectivity index (χ3n) is 5.91. The molecule has 1 fully saturated rings. The molecule has 0 heterocycles. The zero-order chi connectivity index (χ0) is 16.8. The number of allylic oxidation sites excluding steroid dienone is 3. The fourth-order valence-corrected chi connectivity index (χ4v) is 4.45. The van der Waals surface area contributed by atoms with E-state index < -0.39 is 0 Å². The van der Waals surface area contributed by atoms with Gasteiger partial charge in [-0.25, -0.2) is 0 Å². The average Bonchev–Trinajstić information content (AvgIpc) is 3.21. The number of benzene rings is 2. The largest absolute Gasteiger partial charge is 0.324 e. The van der Waals surface area contributed by atoms with E-state index in [0.717, 1.165) is 17.7 Å². The monoisotopic (exact) mass is 333 g/mol. The molecule has 3 atom stereocenters. The van der Waals surface area contributed by atoms with E-state index in [9.17, 15) is 0 Å². The van der Waals surface area contributed by atoms with Gasteiger partial charge in [0.15, 0.2) is 0 Å². The van der Waals surface area contributed by atoms with Gasteiger partial charge in [0.05, 0.1) is 0 Å². The molecular formula is C22H23NS. The second-order valence-electron chi connectivity index (χ2n) is 7.30. The van der Waals surface area contributed by atoms with E-state index in [-0.39, 0.29) is 11.0 Å². The van der Waals surface area contributed by atoms with E-state index in [4.69, 9.17) is 5.73 Å². The topological polar surface area (TPSA) is 26.0 Å². The highest BCUT2D eigenvalue weighted by molar-refractivity contribution is 7.80. The van der Waals surface area contributed by atoms with Crippen molar-refractivity contribution in [1.82, 2.24) is 0 Å². The Morgan fingerprint density at radius 1 is 1.08 bits per heavy atom. The first-order valence-electron chi connectivity index (χ1n) is 8.56. The van der Waals surface area contributed by atoms with Gasteiger partial charge >= 0.3 is 0 Å². The maximum absolute atomic E-state index is 6.85. The highest BCUT2D eigenvalue weighted by Crippen LogP contribution is 2.61. The molecule has 0 amide bonds. The van der Waals surface area contributed by atoms with Crippen LogP contribution in [-0.2, 0) is 5.41 Å². The molecule has 2 N–H and O–H groups in total. The van der Waals surface area contributed by atoms with Crippen molar-refractivity contribution in [3.8, 4) is 11.1 Å². The second kappa shape index (κ2) is 5.65. The van der Waals surface area contributed by atoms with Gasteiger partial charge in [0, 0.05) is 15.8 Å². The minimum atomic E-state index is -0.145. The fourth-order valence-electron chi connectivity index (χ4n) is 4.16. The van der Waals surface area contributed by atoms with Crippen LogP contribution in [0.4, 0.5) is 0 Å². The Kier molecular flexibility index (Phi) is 3.70. The molecule has 4 rings (SSSR count). The highest BCUT2D eigenvalue weighted by Gasteiger charge is 2.65. The predicted molar refractivity (Wildman–Crippen MR) is 104 cm³/mol. The zero-order valence-electron chi connectivity index (χ0n) is 13.9. The van der Waals surface area contributed by atoms with E-state index in [2.05, 4.69) is 80.3 Å². The first-order chi connectivity index (χ1) is 11.5. The minimum absolute atomic E-state index is 0.0364. The summed E-state index contributed by atoms with van der Waals surface area (Å²) in [5.74, 6) is 0.424. The van der Waals surface area contributed by atoms with Gasteiger partial charge in [0.2, 0.25) is 0 Å². The average molecular weight is 334 g/mol. The summed E-state index contributed by atoms with van der Waals surface area (Å²) in [5, 5.41) is 0. The van der Waals surface area contributed by atoms with E-state index in [0.29, 0.717) is 5.92 Å². The van der Waals surface area contributed by atoms with Crippen LogP contribution >= 0.6 is 12.6 Å². The van der Waals surface area contributed by atoms with E-state index in [1.807, 2.05) is 12.1 Å². The molecular weight excluding hydrogens is 310 g/mol. The molecule has 0 bridgehead atoms. The Bertz CT molecular complexity index is 837. The highest BCUT2D eigenvalue weighted by atomic mass is 32.1. The summed E-state index contributed by atoms with van der Waals surface area (Å²) in [6.45, 7) is 2.31. The van der Waals surface area contributed by atoms with Crippen LogP contribution in [0.15, 0.2) is 77.7 Å². The van der Waals surface area contributed by atoms with Crippen molar-refractivity contribution < 1.29 is 0 Å². The summed E-state index contributed by atoms with van der Waals surface area (Å²) < 4.78 is 0. The van der Waals surface area contributed by atoms with E-state index in [1.54, 1.807) is 0 Å². The Morgan fingerprint density at radius 3 is 2.67 bits per heavy atom. The second-order valence-corrected chi connectivity index (χ2v) is 7.78. The lowest BCUT2D eigenvalue weighted by molar-refractivity contribution is 0.432. The molecule has 0 aromatic heterocycles. The van der Waals surface area contributed by atoms with Crippen LogP contribution < -0.4 is 5.73 Å². The summed E-state index contributed by atoms with van der Waals surface area (Å²) in [5.41, 5.74) is 10.5. The summed E-state index contributed by atoms with van der Waals surface area (Å²) in [6.07, 6.45) is 10.8. The maximum Gasteiger partial charge on any atom is 0.0326 e. The lowest BCUT2D eigenvalue weighted by Crippen LogP contribution is -2.39. The fraction of sp³-hybridized carbons (Fsp3) is 0.273. The van der Waals surface area contributed by atoms with Crippen molar-refractivity contribution in [2.24, 2.45) is 11.7 Å². The van der Waals surface area contributed by atoms with Crippen molar-refractivity contribution >= 4 is 12.6 Å². The third kappa shape index (κ3) is 2.37. The van der Waals surface area contributed by atoms with Crippen LogP contribution in [-0.4, -0.2) is 5.54 Å². The van der Waals surface area contributed by atoms with Crippen LogP contribution in [0.3, 0.4) is 0 Å². The third-order valence-corrected chi connectivity index (χ3v) is 6.30. The Hall–Kier alpha value is -1.77. The first kappa shape index (κ1) is 15.7. The van der Waals surface area contributed by atoms with Gasteiger partial charge in [-0.3, -0.25) is 0 Å². The first-order valence-corrected chi connectivity index (χ1v) is 9.00. The van der Waals surface area contributed by atoms with Gasteiger partial charge in [-0.2, -0.15) is 0 Å². The molecule has 2 aromatic rings. The molecule has 1 nitrogen and oxygen atoms in total. The van der Waals surface area contributed by atoms with Crippen LogP contribution in [0.2, 0.25) is 0 Å². The molecule has 1 saturated carbocycles. The minimum Gasteiger partial charge on any atom is -0.324 e. The van der Waals surface area contributed by atoms with Crippen molar-refractivity contribution in [1.29, 1.82) is 0 Å². The molecule has 122 valence electrons. The summed E-state index contributed by atoms with van der Waals surface area (Å²) in [6, 6.07) is 17.1. The quantitative estimate of drug-likeness (QED) is 0.748. The number of rotatable bonds is 3. The molecule has 0 aliphatic heterocycles. The Labute approximate surface area is 149 Å².